The van der Waals surface area contributed by atoms with Gasteiger partial charge in [-0.1, -0.05) is 63.2 Å². The highest BCUT2D eigenvalue weighted by atomic mass is 32.2. The molecule has 1 N–H and O–H groups in total. The van der Waals surface area contributed by atoms with Crippen molar-refractivity contribution in [2.75, 3.05) is 10.6 Å². The lowest BCUT2D eigenvalue weighted by molar-refractivity contribution is -0.123. The Balaban J connectivity index is 2.43. The Hall–Kier alpha value is -2.34. The summed E-state index contributed by atoms with van der Waals surface area (Å²) < 4.78 is 26.8. The highest BCUT2D eigenvalue weighted by Crippen LogP contribution is 2.28. The normalized spacial score (nSPS) is 13.7. The van der Waals surface area contributed by atoms with Gasteiger partial charge in [0, 0.05) is 0 Å². The van der Waals surface area contributed by atoms with Crippen molar-refractivity contribution in [3.8, 4) is 0 Å². The molecule has 0 aromatic heterocycles. The van der Waals surface area contributed by atoms with Crippen molar-refractivity contribution in [2.24, 2.45) is 5.92 Å². The second kappa shape index (κ2) is 10.1. The van der Waals surface area contributed by atoms with Gasteiger partial charge in [-0.25, -0.2) is 8.42 Å². The second-order valence-electron chi connectivity index (χ2n) is 8.37. The van der Waals surface area contributed by atoms with Crippen LogP contribution in [-0.2, 0) is 14.8 Å². The van der Waals surface area contributed by atoms with Crippen LogP contribution >= 0.6 is 0 Å². The zero-order chi connectivity index (χ0) is 22.5. The summed E-state index contributed by atoms with van der Waals surface area (Å²) in [5.41, 5.74) is 3.34. The SMILES string of the molecule is CC[C@@H](C(=O)N[C@H](CC(C)C)c1ccccc1)N(c1cc(C)ccc1C)S(C)(=O)=O. The molecule has 0 heterocycles. The largest absolute Gasteiger partial charge is 0.347 e. The Labute approximate surface area is 181 Å². The van der Waals surface area contributed by atoms with Gasteiger partial charge < -0.3 is 5.32 Å². The number of benzene rings is 2. The maximum atomic E-state index is 13.4. The summed E-state index contributed by atoms with van der Waals surface area (Å²) in [6.07, 6.45) is 2.30. The number of carbonyl (C=O) groups is 1. The predicted octanol–water partition coefficient (Wildman–Crippen LogP) is 4.75. The third-order valence-electron chi connectivity index (χ3n) is 5.16. The number of amides is 1. The summed E-state index contributed by atoms with van der Waals surface area (Å²) in [5, 5.41) is 3.13. The summed E-state index contributed by atoms with van der Waals surface area (Å²) >= 11 is 0. The first-order valence-corrected chi connectivity index (χ1v) is 12.3. The maximum absolute atomic E-state index is 13.4. The number of carbonyl (C=O) groups excluding carboxylic acids is 1. The number of nitrogens with zero attached hydrogens (tertiary/aromatic N) is 1. The molecule has 0 fully saturated rings. The molecule has 6 heteroatoms. The first-order chi connectivity index (χ1) is 14.0. The Kier molecular flexibility index (Phi) is 8.07. The lowest BCUT2D eigenvalue weighted by Crippen LogP contribution is -2.50. The van der Waals surface area contributed by atoms with Crippen LogP contribution in [0.4, 0.5) is 5.69 Å². The van der Waals surface area contributed by atoms with E-state index in [1.54, 1.807) is 0 Å². The Morgan fingerprint density at radius 1 is 1.07 bits per heavy atom. The fourth-order valence-corrected chi connectivity index (χ4v) is 4.96. The van der Waals surface area contributed by atoms with E-state index in [1.165, 1.54) is 4.31 Å². The van der Waals surface area contributed by atoms with Crippen LogP contribution in [0.2, 0.25) is 0 Å². The van der Waals surface area contributed by atoms with E-state index < -0.39 is 16.1 Å². The lowest BCUT2D eigenvalue weighted by atomic mass is 9.96. The fourth-order valence-electron chi connectivity index (χ4n) is 3.70. The van der Waals surface area contributed by atoms with Gasteiger partial charge in [0.25, 0.3) is 0 Å². The summed E-state index contributed by atoms with van der Waals surface area (Å²) in [6.45, 7) is 9.84. The molecule has 0 radical (unpaired) electrons. The van der Waals surface area contributed by atoms with Gasteiger partial charge in [0.2, 0.25) is 15.9 Å². The quantitative estimate of drug-likeness (QED) is 0.624. The van der Waals surface area contributed by atoms with E-state index in [1.807, 2.05) is 69.3 Å². The minimum absolute atomic E-state index is 0.173. The van der Waals surface area contributed by atoms with E-state index in [0.29, 0.717) is 18.0 Å². The summed E-state index contributed by atoms with van der Waals surface area (Å²) in [7, 11) is -3.66. The number of aryl methyl sites for hydroxylation is 2. The molecule has 0 aliphatic heterocycles. The molecular weight excluding hydrogens is 396 g/mol. The summed E-state index contributed by atoms with van der Waals surface area (Å²) in [4.78, 5) is 13.4. The molecule has 30 heavy (non-hydrogen) atoms. The van der Waals surface area contributed by atoms with Crippen LogP contribution in [0.25, 0.3) is 0 Å². The van der Waals surface area contributed by atoms with E-state index in [0.717, 1.165) is 29.4 Å². The first-order valence-electron chi connectivity index (χ1n) is 10.5. The fraction of sp³-hybridized carbons (Fsp3) is 0.458. The highest BCUT2D eigenvalue weighted by Gasteiger charge is 2.33. The van der Waals surface area contributed by atoms with Crippen molar-refractivity contribution < 1.29 is 13.2 Å². The zero-order valence-corrected chi connectivity index (χ0v) is 19.7. The standard InChI is InChI=1S/C24H34N2O3S/c1-7-22(26(30(6,28)29)23-16-18(4)13-14-19(23)5)24(27)25-21(15-17(2)3)20-11-9-8-10-12-20/h8-14,16-17,21-22H,7,15H2,1-6H3,(H,25,27)/t21-,22+/m1/s1. The molecule has 0 unspecified atom stereocenters. The average Bonchev–Trinajstić information content (AvgIpc) is 2.67. The number of nitrogens with one attached hydrogen (secondary N) is 1. The average molecular weight is 431 g/mol. The van der Waals surface area contributed by atoms with Crippen LogP contribution in [0.5, 0.6) is 0 Å². The topological polar surface area (TPSA) is 66.5 Å². The lowest BCUT2D eigenvalue weighted by Gasteiger charge is -2.33. The van der Waals surface area contributed by atoms with Gasteiger partial charge in [0.15, 0.2) is 0 Å². The number of sulfonamides is 1. The minimum Gasteiger partial charge on any atom is -0.347 e. The molecule has 0 spiro atoms. The number of rotatable bonds is 9. The second-order valence-corrected chi connectivity index (χ2v) is 10.2. The number of anilines is 1. The van der Waals surface area contributed by atoms with Gasteiger partial charge in [0.1, 0.15) is 6.04 Å². The van der Waals surface area contributed by atoms with Crippen LogP contribution in [0.15, 0.2) is 48.5 Å². The molecule has 0 bridgehead atoms. The first kappa shape index (κ1) is 23.9. The number of hydrogen-bond donors (Lipinski definition) is 1. The molecule has 2 atom stereocenters. The third kappa shape index (κ3) is 6.08. The van der Waals surface area contributed by atoms with Crippen molar-refractivity contribution in [3.63, 3.8) is 0 Å². The van der Waals surface area contributed by atoms with Crippen molar-refractivity contribution in [2.45, 2.75) is 59.5 Å². The molecular formula is C24H34N2O3S. The monoisotopic (exact) mass is 430 g/mol. The van der Waals surface area contributed by atoms with Crippen LogP contribution < -0.4 is 9.62 Å². The smallest absolute Gasteiger partial charge is 0.244 e. The summed E-state index contributed by atoms with van der Waals surface area (Å²) in [6, 6.07) is 14.5. The number of hydrogen-bond acceptors (Lipinski definition) is 3. The van der Waals surface area contributed by atoms with Gasteiger partial charge in [-0.05, 0) is 55.4 Å². The molecule has 2 aromatic carbocycles. The van der Waals surface area contributed by atoms with E-state index in [2.05, 4.69) is 19.2 Å². The molecule has 0 aliphatic carbocycles. The predicted molar refractivity (Wildman–Crippen MR) is 124 cm³/mol. The third-order valence-corrected chi connectivity index (χ3v) is 6.32. The highest BCUT2D eigenvalue weighted by molar-refractivity contribution is 7.92. The zero-order valence-electron chi connectivity index (χ0n) is 18.8. The van der Waals surface area contributed by atoms with Crippen LogP contribution in [-0.4, -0.2) is 26.6 Å². The molecule has 1 amide bonds. The molecule has 2 rings (SSSR count). The van der Waals surface area contributed by atoms with Crippen molar-refractivity contribution in [1.82, 2.24) is 5.32 Å². The maximum Gasteiger partial charge on any atom is 0.244 e. The molecule has 5 nitrogen and oxygen atoms in total. The molecule has 0 aliphatic rings. The summed E-state index contributed by atoms with van der Waals surface area (Å²) in [5.74, 6) is 0.0962. The van der Waals surface area contributed by atoms with Gasteiger partial charge in [-0.2, -0.15) is 0 Å². The van der Waals surface area contributed by atoms with Crippen molar-refractivity contribution in [1.29, 1.82) is 0 Å². The van der Waals surface area contributed by atoms with E-state index in [-0.39, 0.29) is 11.9 Å². The molecule has 0 saturated carbocycles. The van der Waals surface area contributed by atoms with Gasteiger partial charge >= 0.3 is 0 Å². The minimum atomic E-state index is -3.66. The van der Waals surface area contributed by atoms with Crippen LogP contribution in [0.3, 0.4) is 0 Å². The van der Waals surface area contributed by atoms with E-state index in [4.69, 9.17) is 0 Å². The molecule has 0 saturated heterocycles. The van der Waals surface area contributed by atoms with Crippen LogP contribution in [0.1, 0.15) is 56.3 Å². The Bertz CT molecular complexity index is 956. The molecule has 164 valence electrons. The van der Waals surface area contributed by atoms with Crippen molar-refractivity contribution in [3.05, 3.63) is 65.2 Å². The van der Waals surface area contributed by atoms with E-state index >= 15 is 0 Å². The van der Waals surface area contributed by atoms with Gasteiger partial charge in [-0.3, -0.25) is 9.10 Å². The van der Waals surface area contributed by atoms with Gasteiger partial charge in [0.05, 0.1) is 18.0 Å². The molecule has 2 aromatic rings. The Morgan fingerprint density at radius 2 is 1.70 bits per heavy atom. The van der Waals surface area contributed by atoms with Crippen LogP contribution in [0, 0.1) is 19.8 Å². The van der Waals surface area contributed by atoms with E-state index in [9.17, 15) is 13.2 Å². The van der Waals surface area contributed by atoms with Gasteiger partial charge in [-0.15, -0.1) is 0 Å². The van der Waals surface area contributed by atoms with Crippen molar-refractivity contribution >= 4 is 21.6 Å². The Morgan fingerprint density at radius 3 is 2.23 bits per heavy atom.